The Bertz CT molecular complexity index is 1600. The zero-order valence-electron chi connectivity index (χ0n) is 44.0. The van der Waals surface area contributed by atoms with Crippen molar-refractivity contribution in [2.45, 2.75) is 237 Å². The van der Waals surface area contributed by atoms with E-state index in [4.69, 9.17) is 18.9 Å². The van der Waals surface area contributed by atoms with Gasteiger partial charge in [-0.25, -0.2) is 4.18 Å². The van der Waals surface area contributed by atoms with Crippen LogP contribution in [-0.2, 0) is 38.3 Å². The van der Waals surface area contributed by atoms with Crippen LogP contribution >= 0.6 is 0 Å². The fraction of sp³-hybridized carbons (Fsp3) is 0.707. The Morgan fingerprint density at radius 1 is 0.549 bits per heavy atom. The van der Waals surface area contributed by atoms with Gasteiger partial charge in [-0.15, -0.1) is 0 Å². The van der Waals surface area contributed by atoms with Crippen molar-refractivity contribution in [2.75, 3.05) is 26.4 Å². The van der Waals surface area contributed by atoms with E-state index in [-0.39, 0.29) is 19.6 Å². The number of ether oxygens (including phenoxy) is 4. The van der Waals surface area contributed by atoms with Crippen molar-refractivity contribution in [3.05, 3.63) is 97.2 Å². The maximum atomic E-state index is 12.9. The summed E-state index contributed by atoms with van der Waals surface area (Å²) in [4.78, 5) is 12.9. The number of esters is 1. The first-order valence-electron chi connectivity index (χ1n) is 27.5. The third-order valence-electron chi connectivity index (χ3n) is 11.9. The average molecular weight is 1020 g/mol. The summed E-state index contributed by atoms with van der Waals surface area (Å²) >= 11 is 0. The van der Waals surface area contributed by atoms with Gasteiger partial charge >= 0.3 is 16.4 Å². The molecule has 408 valence electrons. The maximum Gasteiger partial charge on any atom is 0.397 e. The zero-order valence-corrected chi connectivity index (χ0v) is 44.8. The molecule has 12 nitrogen and oxygen atoms in total. The summed E-state index contributed by atoms with van der Waals surface area (Å²) in [7, 11) is -5.08. The Morgan fingerprint density at radius 2 is 0.972 bits per heavy atom. The van der Waals surface area contributed by atoms with Crippen molar-refractivity contribution in [2.24, 2.45) is 0 Å². The second-order valence-electron chi connectivity index (χ2n) is 18.4. The van der Waals surface area contributed by atoms with Gasteiger partial charge < -0.3 is 34.3 Å². The van der Waals surface area contributed by atoms with E-state index in [1.54, 1.807) is 0 Å². The lowest BCUT2D eigenvalue weighted by atomic mass is 9.99. The molecule has 0 aromatic carbocycles. The van der Waals surface area contributed by atoms with Crippen LogP contribution in [0.25, 0.3) is 0 Å². The molecule has 0 aromatic heterocycles. The summed E-state index contributed by atoms with van der Waals surface area (Å²) in [5.41, 5.74) is 0. The number of carbonyl (C=O) groups is 1. The first-order valence-corrected chi connectivity index (χ1v) is 28.9. The number of hydrogen-bond donors (Lipinski definition) is 4. The van der Waals surface area contributed by atoms with Gasteiger partial charge in [-0.05, 0) is 96.3 Å². The molecule has 1 fully saturated rings. The van der Waals surface area contributed by atoms with Gasteiger partial charge in [-0.3, -0.25) is 9.35 Å². The highest BCUT2D eigenvalue weighted by Crippen LogP contribution is 2.26. The van der Waals surface area contributed by atoms with Crippen LogP contribution in [0.4, 0.5) is 0 Å². The zero-order chi connectivity index (χ0) is 51.7. The van der Waals surface area contributed by atoms with Gasteiger partial charge in [0.15, 0.2) is 6.29 Å². The molecule has 0 saturated carbocycles. The van der Waals surface area contributed by atoms with E-state index < -0.39 is 59.8 Å². The first kappa shape index (κ1) is 66.0. The van der Waals surface area contributed by atoms with E-state index in [9.17, 15) is 33.1 Å². The Kier molecular flexibility index (Phi) is 44.6. The molecule has 0 bridgehead atoms. The number of allylic oxidation sites excluding steroid dienone is 16. The topological polar surface area (TPSA) is 178 Å². The van der Waals surface area contributed by atoms with E-state index in [0.717, 1.165) is 109 Å². The molecular formula is C58H98O12S. The molecule has 6 unspecified atom stereocenters. The lowest BCUT2D eigenvalue weighted by molar-refractivity contribution is -0.301. The normalized spacial score (nSPS) is 19.8. The minimum Gasteiger partial charge on any atom is -0.457 e. The molecule has 1 aliphatic heterocycles. The number of aliphatic hydroxyl groups excluding tert-OH is 3. The smallest absolute Gasteiger partial charge is 0.397 e. The van der Waals surface area contributed by atoms with Gasteiger partial charge in [-0.1, -0.05) is 195 Å². The van der Waals surface area contributed by atoms with Crippen molar-refractivity contribution < 1.29 is 56.2 Å². The molecule has 0 aliphatic carbocycles. The molecule has 71 heavy (non-hydrogen) atoms. The Morgan fingerprint density at radius 3 is 1.42 bits per heavy atom. The molecule has 6 atom stereocenters. The lowest BCUT2D eigenvalue weighted by Crippen LogP contribution is -2.60. The van der Waals surface area contributed by atoms with Crippen molar-refractivity contribution >= 4 is 16.4 Å². The summed E-state index contributed by atoms with van der Waals surface area (Å²) in [6, 6.07) is 0. The number of carbonyl (C=O) groups excluding carboxylic acids is 1. The fourth-order valence-electron chi connectivity index (χ4n) is 7.82. The van der Waals surface area contributed by atoms with Crippen molar-refractivity contribution in [3.63, 3.8) is 0 Å². The maximum absolute atomic E-state index is 12.9. The van der Waals surface area contributed by atoms with Crippen LogP contribution in [0.3, 0.4) is 0 Å². The molecule has 1 rings (SSSR count). The van der Waals surface area contributed by atoms with E-state index in [2.05, 4.69) is 115 Å². The molecule has 13 heteroatoms. The van der Waals surface area contributed by atoms with E-state index >= 15 is 0 Å². The van der Waals surface area contributed by atoms with Gasteiger partial charge in [0, 0.05) is 13.0 Å². The molecule has 1 aliphatic rings. The minimum atomic E-state index is -5.08. The highest BCUT2D eigenvalue weighted by Gasteiger charge is 2.48. The van der Waals surface area contributed by atoms with Crippen molar-refractivity contribution in [1.82, 2.24) is 0 Å². The van der Waals surface area contributed by atoms with Crippen LogP contribution in [-0.4, -0.2) is 97.5 Å². The summed E-state index contributed by atoms with van der Waals surface area (Å²) in [5.74, 6) is -0.419. The monoisotopic (exact) mass is 1020 g/mol. The Hall–Kier alpha value is -2.98. The van der Waals surface area contributed by atoms with Crippen molar-refractivity contribution in [3.8, 4) is 0 Å². The van der Waals surface area contributed by atoms with Gasteiger partial charge in [0.1, 0.15) is 30.5 Å². The van der Waals surface area contributed by atoms with Crippen LogP contribution in [0.1, 0.15) is 200 Å². The Labute approximate surface area is 431 Å². The number of hydrogen-bond acceptors (Lipinski definition) is 11. The molecule has 0 aromatic rings. The Balaban J connectivity index is 2.36. The van der Waals surface area contributed by atoms with Crippen LogP contribution in [0.5, 0.6) is 0 Å². The molecule has 1 saturated heterocycles. The molecular weight excluding hydrogens is 921 g/mol. The predicted molar refractivity (Wildman–Crippen MR) is 289 cm³/mol. The van der Waals surface area contributed by atoms with Gasteiger partial charge in [0.05, 0.1) is 19.8 Å². The highest BCUT2D eigenvalue weighted by atomic mass is 32.3. The fourth-order valence-corrected chi connectivity index (χ4v) is 8.33. The highest BCUT2D eigenvalue weighted by molar-refractivity contribution is 7.80. The molecule has 1 heterocycles. The molecule has 4 N–H and O–H groups in total. The largest absolute Gasteiger partial charge is 0.457 e. The second-order valence-corrected chi connectivity index (χ2v) is 19.5. The second kappa shape index (κ2) is 48.0. The molecule has 0 amide bonds. The van der Waals surface area contributed by atoms with E-state index in [1.165, 1.54) is 64.2 Å². The quantitative estimate of drug-likeness (QED) is 0.0197. The lowest BCUT2D eigenvalue weighted by Gasteiger charge is -2.41. The first-order chi connectivity index (χ1) is 34.6. The van der Waals surface area contributed by atoms with E-state index in [1.807, 2.05) is 0 Å². The summed E-state index contributed by atoms with van der Waals surface area (Å²) in [6.45, 7) is 3.83. The number of aliphatic hydroxyl groups is 3. The van der Waals surface area contributed by atoms with E-state index in [0.29, 0.717) is 13.0 Å². The minimum absolute atomic E-state index is 0.0199. The van der Waals surface area contributed by atoms with Crippen molar-refractivity contribution in [1.29, 1.82) is 0 Å². The van der Waals surface area contributed by atoms with Crippen LogP contribution in [0.15, 0.2) is 97.2 Å². The van der Waals surface area contributed by atoms with Crippen LogP contribution in [0.2, 0.25) is 0 Å². The summed E-state index contributed by atoms with van der Waals surface area (Å²) < 4.78 is 59.3. The standard InChI is InChI=1S/C58H98O12S/c1-3-5-7-9-11-13-15-17-19-21-23-24-25-26-27-28-29-31-33-35-37-39-41-43-45-47-54(60)68-52(51-67-58-56(62)57(70-71(63,64)65)55(61)53(49-59)69-58)50-66-48-46-44-42-40-38-36-34-32-30-22-20-18-16-14-12-10-8-6-4-2/h5,7,11,13-14,16-17,19-20,22-24,26-27,29,31,52-53,55-59,61-62H,3-4,6,8-10,12,15,18,21,25,28,30,32-51H2,1-2H3,(H,63,64,65)/b7-5-,13-11-,16-14-,19-17-,22-20-,24-23-,27-26-,31-29-. The summed E-state index contributed by atoms with van der Waals surface area (Å²) in [5, 5.41) is 30.8. The number of rotatable bonds is 47. The summed E-state index contributed by atoms with van der Waals surface area (Å²) in [6.07, 6.45) is 57.1. The number of unbranched alkanes of at least 4 members (excludes halogenated alkanes) is 18. The average Bonchev–Trinajstić information content (AvgIpc) is 3.35. The van der Waals surface area contributed by atoms with Gasteiger partial charge in [0.25, 0.3) is 0 Å². The van der Waals surface area contributed by atoms with Gasteiger partial charge in [0.2, 0.25) is 0 Å². The SMILES string of the molecule is CC/C=C\C/C=C\C/C=C\C/C=C\C/C=C\C/C=C\CCCCCCCCC(=O)OC(COCCCCCCCCCC/C=C\C/C=C\CCCCCC)COC1OC(CO)C(O)C(OS(=O)(=O)O)C1O. The third-order valence-corrected chi connectivity index (χ3v) is 12.4. The predicted octanol–water partition coefficient (Wildman–Crippen LogP) is 13.4. The molecule has 0 radical (unpaired) electrons. The third kappa shape index (κ3) is 41.1. The van der Waals surface area contributed by atoms with Gasteiger partial charge in [-0.2, -0.15) is 8.42 Å². The van der Waals surface area contributed by atoms with Crippen LogP contribution in [0, 0.1) is 0 Å². The van der Waals surface area contributed by atoms with Crippen LogP contribution < -0.4 is 0 Å². The molecule has 0 spiro atoms.